The van der Waals surface area contributed by atoms with Crippen LogP contribution >= 0.6 is 0 Å². The minimum Gasteiger partial charge on any atom is -0.364 e. The molecule has 0 saturated carbocycles. The molecule has 2 rings (SSSR count). The van der Waals surface area contributed by atoms with E-state index in [1.165, 1.54) is 6.42 Å². The number of carbonyl (C=O) groups is 1. The molecule has 0 aromatic heterocycles. The highest BCUT2D eigenvalue weighted by Crippen LogP contribution is 2.23. The summed E-state index contributed by atoms with van der Waals surface area (Å²) in [6.45, 7) is 2.22. The second-order valence-corrected chi connectivity index (χ2v) is 5.60. The molecule has 5 nitrogen and oxygen atoms in total. The molecular weight excluding hydrogens is 230 g/mol. The van der Waals surface area contributed by atoms with Crippen LogP contribution in [-0.2, 0) is 9.53 Å². The Bertz CT molecular complexity index is 296. The van der Waals surface area contributed by atoms with Gasteiger partial charge in [-0.15, -0.1) is 0 Å². The van der Waals surface area contributed by atoms with Crippen molar-refractivity contribution in [1.82, 2.24) is 9.80 Å². The molecule has 0 spiro atoms. The molecule has 0 aromatic rings. The van der Waals surface area contributed by atoms with Gasteiger partial charge in [0.05, 0.1) is 6.10 Å². The first-order chi connectivity index (χ1) is 8.61. The molecule has 2 N–H and O–H groups in total. The summed E-state index contributed by atoms with van der Waals surface area (Å²) in [5.41, 5.74) is 5.58. The van der Waals surface area contributed by atoms with E-state index in [0.717, 1.165) is 32.4 Å². The minimum atomic E-state index is -0.250. The zero-order valence-electron chi connectivity index (χ0n) is 11.5. The Balaban J connectivity index is 1.89. The van der Waals surface area contributed by atoms with Gasteiger partial charge in [0.25, 0.3) is 5.91 Å². The van der Waals surface area contributed by atoms with Crippen molar-refractivity contribution in [2.45, 2.75) is 43.9 Å². The van der Waals surface area contributed by atoms with E-state index in [4.69, 9.17) is 10.5 Å². The molecule has 2 aliphatic heterocycles. The van der Waals surface area contributed by atoms with Gasteiger partial charge in [0.15, 0.2) is 0 Å². The number of hydrogen-bond acceptors (Lipinski definition) is 4. The lowest BCUT2D eigenvalue weighted by molar-refractivity contribution is -0.144. The number of nitrogens with zero attached hydrogens (tertiary/aromatic N) is 2. The maximum atomic E-state index is 12.4. The summed E-state index contributed by atoms with van der Waals surface area (Å²) < 4.78 is 5.69. The third kappa shape index (κ3) is 3.02. The van der Waals surface area contributed by atoms with Crippen LogP contribution in [0.2, 0.25) is 0 Å². The average Bonchev–Trinajstić information content (AvgIpc) is 2.86. The number of piperidine rings is 1. The monoisotopic (exact) mass is 255 g/mol. The van der Waals surface area contributed by atoms with E-state index < -0.39 is 0 Å². The maximum absolute atomic E-state index is 12.4. The largest absolute Gasteiger partial charge is 0.364 e. The van der Waals surface area contributed by atoms with Crippen molar-refractivity contribution >= 4 is 5.91 Å². The summed E-state index contributed by atoms with van der Waals surface area (Å²) in [4.78, 5) is 16.5. The Hall–Kier alpha value is -0.650. The number of amides is 1. The minimum absolute atomic E-state index is 0.0772. The predicted octanol–water partition coefficient (Wildman–Crippen LogP) is 0.0453. The molecule has 1 amide bonds. The highest BCUT2D eigenvalue weighted by atomic mass is 16.5. The Morgan fingerprint density at radius 1 is 1.39 bits per heavy atom. The smallest absolute Gasteiger partial charge is 0.251 e. The molecule has 3 atom stereocenters. The summed E-state index contributed by atoms with van der Waals surface area (Å²) in [6, 6.07) is 0.481. The molecule has 0 radical (unpaired) electrons. The van der Waals surface area contributed by atoms with Crippen LogP contribution in [-0.4, -0.2) is 67.7 Å². The number of hydrogen-bond donors (Lipinski definition) is 1. The Kier molecular flexibility index (Phi) is 4.59. The SMILES string of the molecule is CN(C)C1CCCN(C(=O)C2CCC(CN)O2)C1. The van der Waals surface area contributed by atoms with Crippen molar-refractivity contribution in [3.05, 3.63) is 0 Å². The Labute approximate surface area is 109 Å². The van der Waals surface area contributed by atoms with Crippen molar-refractivity contribution in [2.75, 3.05) is 33.7 Å². The summed E-state index contributed by atoms with van der Waals surface area (Å²) in [5, 5.41) is 0. The summed E-state index contributed by atoms with van der Waals surface area (Å²) in [6.07, 6.45) is 3.82. The van der Waals surface area contributed by atoms with Gasteiger partial charge in [-0.2, -0.15) is 0 Å². The lowest BCUT2D eigenvalue weighted by Crippen LogP contribution is -2.50. The van der Waals surface area contributed by atoms with Crippen LogP contribution < -0.4 is 5.73 Å². The number of rotatable bonds is 3. The molecule has 3 unspecified atom stereocenters. The second-order valence-electron chi connectivity index (χ2n) is 5.60. The van der Waals surface area contributed by atoms with E-state index in [-0.39, 0.29) is 18.1 Å². The van der Waals surface area contributed by atoms with Gasteiger partial charge < -0.3 is 20.3 Å². The topological polar surface area (TPSA) is 58.8 Å². The van der Waals surface area contributed by atoms with Gasteiger partial charge in [-0.1, -0.05) is 0 Å². The molecular formula is C13H25N3O2. The van der Waals surface area contributed by atoms with Gasteiger partial charge in [-0.3, -0.25) is 4.79 Å². The van der Waals surface area contributed by atoms with Crippen molar-refractivity contribution in [3.8, 4) is 0 Å². The quantitative estimate of drug-likeness (QED) is 0.774. The first kappa shape index (κ1) is 13.8. The van der Waals surface area contributed by atoms with Gasteiger partial charge in [0.1, 0.15) is 6.10 Å². The lowest BCUT2D eigenvalue weighted by atomic mass is 10.0. The van der Waals surface area contributed by atoms with E-state index in [1.807, 2.05) is 4.90 Å². The molecule has 0 aromatic carbocycles. The van der Waals surface area contributed by atoms with Crippen LogP contribution in [0.25, 0.3) is 0 Å². The first-order valence-corrected chi connectivity index (χ1v) is 6.92. The first-order valence-electron chi connectivity index (χ1n) is 6.92. The van der Waals surface area contributed by atoms with E-state index in [2.05, 4.69) is 19.0 Å². The third-order valence-electron chi connectivity index (χ3n) is 4.08. The van der Waals surface area contributed by atoms with Gasteiger partial charge in [0.2, 0.25) is 0 Å². The van der Waals surface area contributed by atoms with Gasteiger partial charge in [-0.05, 0) is 39.8 Å². The molecule has 0 bridgehead atoms. The highest BCUT2D eigenvalue weighted by Gasteiger charge is 2.34. The van der Waals surface area contributed by atoms with Crippen molar-refractivity contribution in [1.29, 1.82) is 0 Å². The highest BCUT2D eigenvalue weighted by molar-refractivity contribution is 5.81. The molecule has 104 valence electrons. The van der Waals surface area contributed by atoms with Crippen LogP contribution in [0, 0.1) is 0 Å². The van der Waals surface area contributed by atoms with E-state index >= 15 is 0 Å². The molecule has 2 aliphatic rings. The third-order valence-corrected chi connectivity index (χ3v) is 4.08. The van der Waals surface area contributed by atoms with Crippen LogP contribution in [0.4, 0.5) is 0 Å². The number of nitrogens with two attached hydrogens (primary N) is 1. The fourth-order valence-electron chi connectivity index (χ4n) is 2.84. The van der Waals surface area contributed by atoms with Crippen LogP contribution in [0.3, 0.4) is 0 Å². The fraction of sp³-hybridized carbons (Fsp3) is 0.923. The molecule has 2 saturated heterocycles. The molecule has 18 heavy (non-hydrogen) atoms. The van der Waals surface area contributed by atoms with E-state index in [9.17, 15) is 4.79 Å². The van der Waals surface area contributed by atoms with Crippen molar-refractivity contribution in [3.63, 3.8) is 0 Å². The normalized spacial score (nSPS) is 33.1. The predicted molar refractivity (Wildman–Crippen MR) is 70.2 cm³/mol. The van der Waals surface area contributed by atoms with Crippen LogP contribution in [0.15, 0.2) is 0 Å². The lowest BCUT2D eigenvalue weighted by Gasteiger charge is -2.37. The van der Waals surface area contributed by atoms with Gasteiger partial charge >= 0.3 is 0 Å². The van der Waals surface area contributed by atoms with Crippen LogP contribution in [0.5, 0.6) is 0 Å². The Morgan fingerprint density at radius 3 is 2.78 bits per heavy atom. The zero-order valence-corrected chi connectivity index (χ0v) is 11.5. The number of likely N-dealkylation sites (N-methyl/N-ethyl adjacent to an activating group) is 1. The molecule has 2 fully saturated rings. The summed E-state index contributed by atoms with van der Waals surface area (Å²) >= 11 is 0. The van der Waals surface area contributed by atoms with Crippen LogP contribution in [0.1, 0.15) is 25.7 Å². The molecule has 5 heteroatoms. The molecule has 0 aliphatic carbocycles. The second kappa shape index (κ2) is 5.99. The summed E-state index contributed by atoms with van der Waals surface area (Å²) in [7, 11) is 4.16. The van der Waals surface area contributed by atoms with Crippen molar-refractivity contribution in [2.24, 2.45) is 5.73 Å². The number of likely N-dealkylation sites (tertiary alicyclic amines) is 1. The maximum Gasteiger partial charge on any atom is 0.251 e. The summed E-state index contributed by atoms with van der Waals surface area (Å²) in [5.74, 6) is 0.164. The standard InChI is InChI=1S/C13H25N3O2/c1-15(2)10-4-3-7-16(9-10)13(17)12-6-5-11(8-14)18-12/h10-12H,3-9,14H2,1-2H3. The Morgan fingerprint density at radius 2 is 2.17 bits per heavy atom. The fourth-order valence-corrected chi connectivity index (χ4v) is 2.84. The molecule has 2 heterocycles. The zero-order chi connectivity index (χ0) is 13.1. The van der Waals surface area contributed by atoms with Crippen molar-refractivity contribution < 1.29 is 9.53 Å². The van der Waals surface area contributed by atoms with Gasteiger partial charge in [-0.25, -0.2) is 0 Å². The van der Waals surface area contributed by atoms with Gasteiger partial charge in [0, 0.05) is 25.7 Å². The average molecular weight is 255 g/mol. The number of carbonyl (C=O) groups excluding carboxylic acids is 1. The van der Waals surface area contributed by atoms with E-state index in [0.29, 0.717) is 12.6 Å². The van der Waals surface area contributed by atoms with E-state index in [1.54, 1.807) is 0 Å². The number of ether oxygens (including phenoxy) is 1.